The number of benzene rings is 1. The van der Waals surface area contributed by atoms with Gasteiger partial charge in [-0.25, -0.2) is 4.68 Å². The summed E-state index contributed by atoms with van der Waals surface area (Å²) in [5.74, 6) is 1.11. The normalized spacial score (nSPS) is 18.9. The van der Waals surface area contributed by atoms with E-state index in [4.69, 9.17) is 0 Å². The van der Waals surface area contributed by atoms with Gasteiger partial charge in [-0.15, -0.1) is 5.10 Å². The van der Waals surface area contributed by atoms with E-state index in [1.54, 1.807) is 0 Å². The van der Waals surface area contributed by atoms with Crippen LogP contribution in [0.25, 0.3) is 0 Å². The molecule has 1 saturated heterocycles. The molecule has 26 heavy (non-hydrogen) atoms. The van der Waals surface area contributed by atoms with Crippen molar-refractivity contribution in [3.8, 4) is 0 Å². The number of amides is 1. The zero-order valence-corrected chi connectivity index (χ0v) is 15.7. The summed E-state index contributed by atoms with van der Waals surface area (Å²) in [4.78, 5) is 17.2. The Morgan fingerprint density at radius 3 is 2.69 bits per heavy atom. The molecule has 1 unspecified atom stereocenters. The van der Waals surface area contributed by atoms with E-state index in [0.717, 1.165) is 44.8 Å². The van der Waals surface area contributed by atoms with Gasteiger partial charge >= 0.3 is 0 Å². The van der Waals surface area contributed by atoms with E-state index >= 15 is 0 Å². The molecule has 3 rings (SSSR count). The van der Waals surface area contributed by atoms with Crippen LogP contribution < -0.4 is 0 Å². The molecule has 7 heteroatoms. The predicted octanol–water partition coefficient (Wildman–Crippen LogP) is 1.88. The molecule has 0 aliphatic carbocycles. The third-order valence-electron chi connectivity index (χ3n) is 5.09. The Bertz CT molecular complexity index is 701. The van der Waals surface area contributed by atoms with Crippen LogP contribution in [0, 0.1) is 6.92 Å². The fourth-order valence-corrected chi connectivity index (χ4v) is 3.54. The van der Waals surface area contributed by atoms with Crippen LogP contribution >= 0.6 is 0 Å². The van der Waals surface area contributed by atoms with Crippen LogP contribution in [0.1, 0.15) is 37.6 Å². The molecule has 1 aromatic heterocycles. The van der Waals surface area contributed by atoms with Crippen molar-refractivity contribution in [3.05, 3.63) is 41.7 Å². The summed E-state index contributed by atoms with van der Waals surface area (Å²) < 4.78 is 1.84. The second kappa shape index (κ2) is 8.89. The van der Waals surface area contributed by atoms with Crippen LogP contribution in [0.4, 0.5) is 0 Å². The smallest absolute Gasteiger partial charge is 0.224 e. The third kappa shape index (κ3) is 4.66. The molecular weight excluding hydrogens is 328 g/mol. The number of tetrazole rings is 1. The van der Waals surface area contributed by atoms with Gasteiger partial charge in [0.15, 0.2) is 0 Å². The number of aryl methyl sites for hydroxylation is 2. The number of hydrogen-bond donors (Lipinski definition) is 0. The fraction of sp³-hybridized carbons (Fsp3) is 0.579. The standard InChI is InChI=1S/C19H28N6O/c1-3-18-15-23(11-7-12-25-16(2)20-21-22-25)13-10-19(26)24(18)14-17-8-5-4-6-9-17/h4-6,8-9,18H,3,7,10-15H2,1-2H3. The van der Waals surface area contributed by atoms with Gasteiger partial charge in [0.1, 0.15) is 5.82 Å². The van der Waals surface area contributed by atoms with Crippen LogP contribution in [0.2, 0.25) is 0 Å². The highest BCUT2D eigenvalue weighted by atomic mass is 16.2. The Morgan fingerprint density at radius 2 is 2.00 bits per heavy atom. The summed E-state index contributed by atoms with van der Waals surface area (Å²) in [6.07, 6.45) is 2.55. The second-order valence-corrected chi connectivity index (χ2v) is 6.92. The molecule has 7 nitrogen and oxygen atoms in total. The van der Waals surface area contributed by atoms with Crippen molar-refractivity contribution in [2.45, 2.75) is 52.2 Å². The number of aromatic nitrogens is 4. The third-order valence-corrected chi connectivity index (χ3v) is 5.09. The molecule has 2 aromatic rings. The van der Waals surface area contributed by atoms with Gasteiger partial charge in [-0.3, -0.25) is 4.79 Å². The molecule has 0 spiro atoms. The summed E-state index contributed by atoms with van der Waals surface area (Å²) in [6.45, 7) is 8.33. The van der Waals surface area contributed by atoms with E-state index in [1.807, 2.05) is 29.8 Å². The quantitative estimate of drug-likeness (QED) is 0.758. The monoisotopic (exact) mass is 356 g/mol. The molecule has 0 N–H and O–H groups in total. The molecule has 2 heterocycles. The first-order valence-electron chi connectivity index (χ1n) is 9.46. The van der Waals surface area contributed by atoms with Gasteiger partial charge < -0.3 is 9.80 Å². The molecule has 1 atom stereocenters. The largest absolute Gasteiger partial charge is 0.334 e. The first kappa shape index (κ1) is 18.5. The summed E-state index contributed by atoms with van der Waals surface area (Å²) in [6, 6.07) is 10.5. The van der Waals surface area contributed by atoms with Gasteiger partial charge in [0.05, 0.1) is 0 Å². The minimum absolute atomic E-state index is 0.263. The van der Waals surface area contributed by atoms with Gasteiger partial charge in [0.25, 0.3) is 0 Å². The molecule has 0 saturated carbocycles. The van der Waals surface area contributed by atoms with Crippen LogP contribution in [-0.2, 0) is 17.9 Å². The first-order chi connectivity index (χ1) is 12.7. The number of nitrogens with zero attached hydrogens (tertiary/aromatic N) is 6. The average molecular weight is 356 g/mol. The lowest BCUT2D eigenvalue weighted by Gasteiger charge is -2.31. The molecule has 0 radical (unpaired) electrons. The van der Waals surface area contributed by atoms with E-state index < -0.39 is 0 Å². The lowest BCUT2D eigenvalue weighted by Crippen LogP contribution is -2.42. The summed E-state index contributed by atoms with van der Waals surface area (Å²) in [7, 11) is 0. The highest BCUT2D eigenvalue weighted by Gasteiger charge is 2.28. The molecule has 1 aromatic carbocycles. The van der Waals surface area contributed by atoms with Gasteiger partial charge in [0, 0.05) is 38.6 Å². The Kier molecular flexibility index (Phi) is 6.33. The molecule has 1 amide bonds. The van der Waals surface area contributed by atoms with E-state index in [0.29, 0.717) is 13.0 Å². The van der Waals surface area contributed by atoms with E-state index in [1.165, 1.54) is 5.56 Å². The minimum Gasteiger partial charge on any atom is -0.334 e. The van der Waals surface area contributed by atoms with Crippen molar-refractivity contribution in [1.29, 1.82) is 0 Å². The van der Waals surface area contributed by atoms with E-state index in [2.05, 4.69) is 44.4 Å². The van der Waals surface area contributed by atoms with Gasteiger partial charge in [-0.2, -0.15) is 0 Å². The lowest BCUT2D eigenvalue weighted by molar-refractivity contribution is -0.133. The van der Waals surface area contributed by atoms with E-state index in [9.17, 15) is 4.79 Å². The molecule has 1 fully saturated rings. The topological polar surface area (TPSA) is 67.2 Å². The number of rotatable bonds is 7. The average Bonchev–Trinajstić information content (AvgIpc) is 3.00. The Labute approximate surface area is 155 Å². The summed E-state index contributed by atoms with van der Waals surface area (Å²) in [5.41, 5.74) is 1.20. The molecule has 1 aliphatic rings. The molecule has 1 aliphatic heterocycles. The fourth-order valence-electron chi connectivity index (χ4n) is 3.54. The highest BCUT2D eigenvalue weighted by molar-refractivity contribution is 5.77. The van der Waals surface area contributed by atoms with Crippen molar-refractivity contribution in [1.82, 2.24) is 30.0 Å². The zero-order chi connectivity index (χ0) is 18.4. The van der Waals surface area contributed by atoms with Gasteiger partial charge in [0.2, 0.25) is 5.91 Å². The van der Waals surface area contributed by atoms with Crippen molar-refractivity contribution < 1.29 is 4.79 Å². The lowest BCUT2D eigenvalue weighted by atomic mass is 10.1. The number of carbonyl (C=O) groups is 1. The summed E-state index contributed by atoms with van der Waals surface area (Å²) in [5, 5.41) is 11.6. The van der Waals surface area contributed by atoms with Crippen molar-refractivity contribution in [3.63, 3.8) is 0 Å². The van der Waals surface area contributed by atoms with Crippen molar-refractivity contribution >= 4 is 5.91 Å². The second-order valence-electron chi connectivity index (χ2n) is 6.92. The first-order valence-corrected chi connectivity index (χ1v) is 9.46. The minimum atomic E-state index is 0.263. The summed E-state index contributed by atoms with van der Waals surface area (Å²) >= 11 is 0. The maximum Gasteiger partial charge on any atom is 0.224 e. The number of carbonyl (C=O) groups excluding carboxylic acids is 1. The van der Waals surface area contributed by atoms with Crippen LogP contribution in [0.15, 0.2) is 30.3 Å². The van der Waals surface area contributed by atoms with Crippen LogP contribution in [0.3, 0.4) is 0 Å². The molecule has 0 bridgehead atoms. The highest BCUT2D eigenvalue weighted by Crippen LogP contribution is 2.18. The Balaban J connectivity index is 1.58. The maximum atomic E-state index is 12.7. The molecular formula is C19H28N6O. The maximum absolute atomic E-state index is 12.7. The number of hydrogen-bond acceptors (Lipinski definition) is 5. The SMILES string of the molecule is CCC1CN(CCCn2nnnc2C)CCC(=O)N1Cc1ccccc1. The van der Waals surface area contributed by atoms with Gasteiger partial charge in [-0.05, 0) is 42.3 Å². The van der Waals surface area contributed by atoms with Crippen LogP contribution in [-0.4, -0.2) is 61.6 Å². The van der Waals surface area contributed by atoms with Gasteiger partial charge in [-0.1, -0.05) is 37.3 Å². The predicted molar refractivity (Wildman–Crippen MR) is 99.3 cm³/mol. The Hall–Kier alpha value is -2.28. The van der Waals surface area contributed by atoms with Crippen molar-refractivity contribution in [2.75, 3.05) is 19.6 Å². The van der Waals surface area contributed by atoms with Crippen LogP contribution in [0.5, 0.6) is 0 Å². The molecule has 140 valence electrons. The van der Waals surface area contributed by atoms with Crippen molar-refractivity contribution in [2.24, 2.45) is 0 Å². The zero-order valence-electron chi connectivity index (χ0n) is 15.7. The van der Waals surface area contributed by atoms with E-state index in [-0.39, 0.29) is 11.9 Å². The Morgan fingerprint density at radius 1 is 1.19 bits per heavy atom.